The van der Waals surface area contributed by atoms with Gasteiger partial charge in [-0.2, -0.15) is 0 Å². The maximum absolute atomic E-state index is 12.2. The number of hydrogen-bond donors (Lipinski definition) is 1. The molecule has 2 heterocycles. The van der Waals surface area contributed by atoms with Crippen LogP contribution in [0.15, 0.2) is 18.5 Å². The van der Waals surface area contributed by atoms with Crippen molar-refractivity contribution in [1.82, 2.24) is 9.88 Å². The van der Waals surface area contributed by atoms with E-state index in [-0.39, 0.29) is 0 Å². The van der Waals surface area contributed by atoms with Gasteiger partial charge in [0.05, 0.1) is 17.6 Å². The van der Waals surface area contributed by atoms with E-state index >= 15 is 0 Å². The monoisotopic (exact) mass is 260 g/mol. The number of aromatic nitrogens is 1. The highest BCUT2D eigenvalue weighted by molar-refractivity contribution is 5.80. The smallest absolute Gasteiger partial charge is 0.225 e. The van der Waals surface area contributed by atoms with E-state index in [0.29, 0.717) is 17.5 Å². The number of pyridine rings is 1. The summed E-state index contributed by atoms with van der Waals surface area (Å²) >= 11 is 0. The van der Waals surface area contributed by atoms with Crippen molar-refractivity contribution in [2.45, 2.75) is 19.3 Å². The van der Waals surface area contributed by atoms with Crippen LogP contribution in [0.25, 0.3) is 0 Å². The van der Waals surface area contributed by atoms with E-state index < -0.39 is 0 Å². The highest BCUT2D eigenvalue weighted by Crippen LogP contribution is 2.29. The minimum atomic E-state index is 0.303. The molecule has 3 rings (SSSR count). The van der Waals surface area contributed by atoms with Crippen LogP contribution in [0.1, 0.15) is 19.3 Å². The van der Waals surface area contributed by atoms with E-state index in [1.54, 1.807) is 12.4 Å². The standard InChI is InChI=1S/C14H20N4O/c15-12-10-16-5-4-13(12)17-6-8-18(9-7-17)14(19)11-2-1-3-11/h4-5,10-11H,1-3,6-9,15H2. The van der Waals surface area contributed by atoms with Crippen LogP contribution in [0.5, 0.6) is 0 Å². The predicted octanol–water partition coefficient (Wildman–Crippen LogP) is 1.11. The Labute approximate surface area is 113 Å². The number of anilines is 2. The predicted molar refractivity (Wildman–Crippen MR) is 74.8 cm³/mol. The first-order chi connectivity index (χ1) is 9.25. The largest absolute Gasteiger partial charge is 0.396 e. The quantitative estimate of drug-likeness (QED) is 0.865. The summed E-state index contributed by atoms with van der Waals surface area (Å²) in [5.74, 6) is 0.658. The van der Waals surface area contributed by atoms with Crippen LogP contribution in [0, 0.1) is 5.92 Å². The van der Waals surface area contributed by atoms with Crippen LogP contribution in [0.3, 0.4) is 0 Å². The minimum Gasteiger partial charge on any atom is -0.396 e. The van der Waals surface area contributed by atoms with Crippen molar-refractivity contribution in [3.05, 3.63) is 18.5 Å². The first-order valence-corrected chi connectivity index (χ1v) is 6.99. The van der Waals surface area contributed by atoms with Crippen LogP contribution in [0.2, 0.25) is 0 Å². The molecular weight excluding hydrogens is 240 g/mol. The Kier molecular flexibility index (Phi) is 3.27. The Balaban J connectivity index is 1.60. The second kappa shape index (κ2) is 5.07. The van der Waals surface area contributed by atoms with Crippen molar-refractivity contribution < 1.29 is 4.79 Å². The van der Waals surface area contributed by atoms with Gasteiger partial charge in [0.15, 0.2) is 0 Å². The molecule has 1 amide bonds. The van der Waals surface area contributed by atoms with Crippen molar-refractivity contribution in [2.75, 3.05) is 36.8 Å². The van der Waals surface area contributed by atoms with Gasteiger partial charge in [0.1, 0.15) is 0 Å². The average Bonchev–Trinajstić information content (AvgIpc) is 2.37. The lowest BCUT2D eigenvalue weighted by atomic mass is 9.84. The number of nitrogens with zero attached hydrogens (tertiary/aromatic N) is 3. The number of nitrogens with two attached hydrogens (primary N) is 1. The summed E-state index contributed by atoms with van der Waals surface area (Å²) in [5.41, 5.74) is 7.68. The van der Waals surface area contributed by atoms with E-state index in [4.69, 9.17) is 5.73 Å². The van der Waals surface area contributed by atoms with Gasteiger partial charge in [-0.25, -0.2) is 0 Å². The molecule has 1 aliphatic carbocycles. The molecule has 5 nitrogen and oxygen atoms in total. The van der Waals surface area contributed by atoms with Gasteiger partial charge >= 0.3 is 0 Å². The molecule has 0 atom stereocenters. The van der Waals surface area contributed by atoms with E-state index in [2.05, 4.69) is 9.88 Å². The molecular formula is C14H20N4O. The zero-order valence-corrected chi connectivity index (χ0v) is 11.1. The van der Waals surface area contributed by atoms with E-state index in [9.17, 15) is 4.79 Å². The zero-order chi connectivity index (χ0) is 13.2. The van der Waals surface area contributed by atoms with Crippen LogP contribution in [-0.2, 0) is 4.79 Å². The van der Waals surface area contributed by atoms with Gasteiger partial charge < -0.3 is 15.5 Å². The van der Waals surface area contributed by atoms with Gasteiger partial charge in [-0.05, 0) is 18.9 Å². The molecule has 102 valence electrons. The lowest BCUT2D eigenvalue weighted by Crippen LogP contribution is -2.51. The molecule has 5 heteroatoms. The van der Waals surface area contributed by atoms with Crippen molar-refractivity contribution in [3.63, 3.8) is 0 Å². The van der Waals surface area contributed by atoms with E-state index in [1.807, 2.05) is 11.0 Å². The molecule has 19 heavy (non-hydrogen) atoms. The lowest BCUT2D eigenvalue weighted by Gasteiger charge is -2.39. The molecule has 1 aliphatic heterocycles. The second-order valence-electron chi connectivity index (χ2n) is 5.37. The Bertz CT molecular complexity index is 464. The molecule has 0 unspecified atom stereocenters. The number of nitrogen functional groups attached to an aromatic ring is 1. The van der Waals surface area contributed by atoms with Crippen molar-refractivity contribution in [1.29, 1.82) is 0 Å². The van der Waals surface area contributed by atoms with E-state index in [0.717, 1.165) is 44.7 Å². The maximum Gasteiger partial charge on any atom is 0.225 e. The number of amides is 1. The van der Waals surface area contributed by atoms with Crippen LogP contribution >= 0.6 is 0 Å². The second-order valence-corrected chi connectivity index (χ2v) is 5.37. The zero-order valence-electron chi connectivity index (χ0n) is 11.1. The van der Waals surface area contributed by atoms with Gasteiger partial charge in [-0.1, -0.05) is 6.42 Å². The molecule has 1 saturated carbocycles. The molecule has 0 spiro atoms. The Hall–Kier alpha value is -1.78. The molecule has 2 aliphatic rings. The van der Waals surface area contributed by atoms with Crippen molar-refractivity contribution >= 4 is 17.3 Å². The summed E-state index contributed by atoms with van der Waals surface area (Å²) in [6.07, 6.45) is 6.81. The molecule has 0 radical (unpaired) electrons. The maximum atomic E-state index is 12.2. The fourth-order valence-electron chi connectivity index (χ4n) is 2.77. The molecule has 1 aromatic rings. The SMILES string of the molecule is Nc1cnccc1N1CCN(C(=O)C2CCC2)CC1. The first kappa shape index (κ1) is 12.3. The summed E-state index contributed by atoms with van der Waals surface area (Å²) in [6.45, 7) is 3.31. The summed E-state index contributed by atoms with van der Waals surface area (Å²) in [7, 11) is 0. The van der Waals surface area contributed by atoms with E-state index in [1.165, 1.54) is 6.42 Å². The van der Waals surface area contributed by atoms with Gasteiger partial charge in [0.2, 0.25) is 5.91 Å². The fourth-order valence-corrected chi connectivity index (χ4v) is 2.77. The Morgan fingerprint density at radius 3 is 2.58 bits per heavy atom. The molecule has 2 N–H and O–H groups in total. The molecule has 0 bridgehead atoms. The topological polar surface area (TPSA) is 62.5 Å². The van der Waals surface area contributed by atoms with Gasteiger partial charge in [-0.3, -0.25) is 9.78 Å². The van der Waals surface area contributed by atoms with Crippen molar-refractivity contribution in [2.24, 2.45) is 5.92 Å². The summed E-state index contributed by atoms with van der Waals surface area (Å²) in [6, 6.07) is 1.94. The van der Waals surface area contributed by atoms with Crippen molar-refractivity contribution in [3.8, 4) is 0 Å². The van der Waals surface area contributed by atoms with Crippen LogP contribution in [0.4, 0.5) is 11.4 Å². The van der Waals surface area contributed by atoms with Gasteiger partial charge in [0.25, 0.3) is 0 Å². The highest BCUT2D eigenvalue weighted by Gasteiger charge is 2.31. The highest BCUT2D eigenvalue weighted by atomic mass is 16.2. The number of carbonyl (C=O) groups is 1. The summed E-state index contributed by atoms with van der Waals surface area (Å²) in [4.78, 5) is 20.4. The van der Waals surface area contributed by atoms with Gasteiger partial charge in [0, 0.05) is 38.3 Å². The summed E-state index contributed by atoms with van der Waals surface area (Å²) in [5, 5.41) is 0. The Morgan fingerprint density at radius 1 is 1.26 bits per heavy atom. The van der Waals surface area contributed by atoms with Crippen LogP contribution in [-0.4, -0.2) is 42.0 Å². The number of rotatable bonds is 2. The lowest BCUT2D eigenvalue weighted by molar-refractivity contribution is -0.138. The summed E-state index contributed by atoms with van der Waals surface area (Å²) < 4.78 is 0. The normalized spacial score (nSPS) is 20.2. The Morgan fingerprint density at radius 2 is 2.00 bits per heavy atom. The fraction of sp³-hybridized carbons (Fsp3) is 0.571. The van der Waals surface area contributed by atoms with Crippen LogP contribution < -0.4 is 10.6 Å². The number of piperazine rings is 1. The third kappa shape index (κ3) is 2.37. The average molecular weight is 260 g/mol. The minimum absolute atomic E-state index is 0.303. The molecule has 1 saturated heterocycles. The molecule has 2 fully saturated rings. The third-order valence-corrected chi connectivity index (χ3v) is 4.21. The molecule has 0 aromatic carbocycles. The number of hydrogen-bond acceptors (Lipinski definition) is 4. The number of carbonyl (C=O) groups excluding carboxylic acids is 1. The first-order valence-electron chi connectivity index (χ1n) is 6.99. The van der Waals surface area contributed by atoms with Gasteiger partial charge in [-0.15, -0.1) is 0 Å². The third-order valence-electron chi connectivity index (χ3n) is 4.21. The molecule has 1 aromatic heterocycles.